The van der Waals surface area contributed by atoms with Gasteiger partial charge in [-0.1, -0.05) is 12.1 Å². The lowest BCUT2D eigenvalue weighted by molar-refractivity contribution is -0.134. The number of hydrogen-bond donors (Lipinski definition) is 3. The number of nitrogens with one attached hydrogen (secondary N) is 1. The van der Waals surface area contributed by atoms with Crippen LogP contribution in [0, 0.1) is 5.92 Å². The first kappa shape index (κ1) is 15.8. The second kappa shape index (κ2) is 7.40. The van der Waals surface area contributed by atoms with Crippen molar-refractivity contribution in [3.63, 3.8) is 0 Å². The van der Waals surface area contributed by atoms with E-state index in [1.807, 2.05) is 18.5 Å². The first-order chi connectivity index (χ1) is 10.6. The van der Waals surface area contributed by atoms with Gasteiger partial charge in [0, 0.05) is 48.6 Å². The lowest BCUT2D eigenvalue weighted by Crippen LogP contribution is -2.03. The Morgan fingerprint density at radius 3 is 2.55 bits per heavy atom. The van der Waals surface area contributed by atoms with E-state index >= 15 is 0 Å². The van der Waals surface area contributed by atoms with Crippen molar-refractivity contribution in [2.24, 2.45) is 5.92 Å². The monoisotopic (exact) mass is 302 g/mol. The molecule has 22 heavy (non-hydrogen) atoms. The van der Waals surface area contributed by atoms with Crippen LogP contribution in [0.5, 0.6) is 0 Å². The quantitative estimate of drug-likeness (QED) is 0.736. The molecule has 2 heterocycles. The second-order valence-corrected chi connectivity index (χ2v) is 5.17. The fraction of sp³-hybridized carbons (Fsp3) is 0.312. The summed E-state index contributed by atoms with van der Waals surface area (Å²) in [5, 5.41) is 19.1. The molecule has 1 aliphatic heterocycles. The minimum Gasteiger partial charge on any atom is -0.478 e. The Labute approximate surface area is 128 Å². The van der Waals surface area contributed by atoms with Crippen LogP contribution in [0.3, 0.4) is 0 Å². The summed E-state index contributed by atoms with van der Waals surface area (Å²) in [7, 11) is 0. The van der Waals surface area contributed by atoms with Crippen LogP contribution in [0.1, 0.15) is 24.3 Å². The summed E-state index contributed by atoms with van der Waals surface area (Å²) in [4.78, 5) is 23.3. The van der Waals surface area contributed by atoms with Gasteiger partial charge in [0.1, 0.15) is 0 Å². The fourth-order valence-electron chi connectivity index (χ4n) is 2.69. The highest BCUT2D eigenvalue weighted by molar-refractivity contribution is 5.89. The van der Waals surface area contributed by atoms with Gasteiger partial charge in [0.25, 0.3) is 0 Å². The zero-order valence-corrected chi connectivity index (χ0v) is 12.0. The first-order valence-electron chi connectivity index (χ1n) is 7.05. The van der Waals surface area contributed by atoms with Crippen molar-refractivity contribution in [1.82, 2.24) is 10.3 Å². The number of fused-ring (bicyclic) bond motifs is 1. The van der Waals surface area contributed by atoms with Gasteiger partial charge in [-0.15, -0.1) is 0 Å². The normalized spacial score (nSPS) is 22.3. The minimum absolute atomic E-state index is 0.558. The molecule has 116 valence electrons. The number of aromatic nitrogens is 1. The van der Waals surface area contributed by atoms with E-state index in [1.54, 1.807) is 0 Å². The zero-order valence-electron chi connectivity index (χ0n) is 12.0. The van der Waals surface area contributed by atoms with Crippen LogP contribution >= 0.6 is 0 Å². The highest BCUT2D eigenvalue weighted by atomic mass is 16.4. The number of nitrogens with zero attached hydrogens (tertiary/aromatic N) is 1. The van der Waals surface area contributed by atoms with E-state index in [0.29, 0.717) is 18.1 Å². The van der Waals surface area contributed by atoms with E-state index in [2.05, 4.69) is 22.4 Å². The molecule has 1 saturated heterocycles. The Kier molecular flexibility index (Phi) is 5.30. The smallest absolute Gasteiger partial charge is 0.328 e. The third-order valence-electron chi connectivity index (χ3n) is 3.66. The number of aliphatic carboxylic acids is 2. The maximum Gasteiger partial charge on any atom is 0.328 e. The number of carboxylic acids is 2. The molecular formula is C16H18N2O4. The number of allylic oxidation sites excluding steroid dienone is 2. The molecule has 6 nitrogen and oxygen atoms in total. The van der Waals surface area contributed by atoms with Gasteiger partial charge in [-0.25, -0.2) is 9.59 Å². The van der Waals surface area contributed by atoms with Crippen LogP contribution in [-0.2, 0) is 9.59 Å². The Bertz CT molecular complexity index is 579. The summed E-state index contributed by atoms with van der Waals surface area (Å²) >= 11 is 0. The van der Waals surface area contributed by atoms with Crippen molar-refractivity contribution in [1.29, 1.82) is 0 Å². The topological polar surface area (TPSA) is 99.5 Å². The van der Waals surface area contributed by atoms with Crippen LogP contribution in [0.15, 0.2) is 48.5 Å². The molecule has 2 aliphatic rings. The molecular weight excluding hydrogens is 284 g/mol. The molecule has 0 radical (unpaired) electrons. The SMILES string of the molecule is C1=C2NCCC2CC1c1cccnc1.O=C(O)C=CC(=O)O. The van der Waals surface area contributed by atoms with Gasteiger partial charge >= 0.3 is 11.9 Å². The van der Waals surface area contributed by atoms with E-state index in [-0.39, 0.29) is 0 Å². The van der Waals surface area contributed by atoms with Gasteiger partial charge in [-0.2, -0.15) is 0 Å². The van der Waals surface area contributed by atoms with Gasteiger partial charge in [0.2, 0.25) is 0 Å². The molecule has 1 aliphatic carbocycles. The average Bonchev–Trinajstić information content (AvgIpc) is 3.08. The molecule has 2 atom stereocenters. The lowest BCUT2D eigenvalue weighted by atomic mass is 9.96. The third kappa shape index (κ3) is 4.44. The number of pyridine rings is 1. The minimum atomic E-state index is -1.26. The molecule has 1 aromatic heterocycles. The summed E-state index contributed by atoms with van der Waals surface area (Å²) in [5.74, 6) is -1.13. The first-order valence-corrected chi connectivity index (χ1v) is 7.05. The van der Waals surface area contributed by atoms with E-state index in [1.165, 1.54) is 24.1 Å². The highest BCUT2D eigenvalue weighted by Gasteiger charge is 2.30. The summed E-state index contributed by atoms with van der Waals surface area (Å²) < 4.78 is 0. The standard InChI is InChI=1S/C12H14N2.C4H4O4/c1-2-10(8-13-4-1)11-6-9-3-5-14-12(9)7-11;5-3(6)1-2-4(7)8/h1-2,4,7-9,11,14H,3,5-6H2;1-2H,(H,5,6)(H,7,8). The third-order valence-corrected chi connectivity index (χ3v) is 3.66. The van der Waals surface area contributed by atoms with Crippen molar-refractivity contribution >= 4 is 11.9 Å². The van der Waals surface area contributed by atoms with Gasteiger partial charge in [0.15, 0.2) is 0 Å². The second-order valence-electron chi connectivity index (χ2n) is 5.17. The number of rotatable bonds is 3. The average molecular weight is 302 g/mol. The van der Waals surface area contributed by atoms with Crippen molar-refractivity contribution in [2.75, 3.05) is 6.54 Å². The van der Waals surface area contributed by atoms with Crippen molar-refractivity contribution in [3.05, 3.63) is 54.0 Å². The Balaban J connectivity index is 0.000000192. The summed E-state index contributed by atoms with van der Waals surface area (Å²) in [5.41, 5.74) is 2.83. The maximum absolute atomic E-state index is 9.55. The largest absolute Gasteiger partial charge is 0.478 e. The fourth-order valence-corrected chi connectivity index (χ4v) is 2.69. The van der Waals surface area contributed by atoms with Crippen LogP contribution in [0.2, 0.25) is 0 Å². The summed E-state index contributed by atoms with van der Waals surface area (Å²) in [6, 6.07) is 4.20. The predicted octanol–water partition coefficient (Wildman–Crippen LogP) is 1.77. The van der Waals surface area contributed by atoms with Crippen LogP contribution in [0.25, 0.3) is 0 Å². The maximum atomic E-state index is 9.55. The van der Waals surface area contributed by atoms with Crippen LogP contribution in [0.4, 0.5) is 0 Å². The van der Waals surface area contributed by atoms with Crippen LogP contribution in [-0.4, -0.2) is 33.7 Å². The zero-order chi connectivity index (χ0) is 15.9. The van der Waals surface area contributed by atoms with Crippen molar-refractivity contribution in [3.8, 4) is 0 Å². The Morgan fingerprint density at radius 2 is 2.00 bits per heavy atom. The van der Waals surface area contributed by atoms with Gasteiger partial charge in [-0.05, 0) is 24.5 Å². The predicted molar refractivity (Wildman–Crippen MR) is 80.2 cm³/mol. The van der Waals surface area contributed by atoms with Crippen molar-refractivity contribution in [2.45, 2.75) is 18.8 Å². The van der Waals surface area contributed by atoms with E-state index < -0.39 is 11.9 Å². The molecule has 3 N–H and O–H groups in total. The highest BCUT2D eigenvalue weighted by Crippen LogP contribution is 2.39. The number of carbonyl (C=O) groups is 2. The van der Waals surface area contributed by atoms with E-state index in [4.69, 9.17) is 10.2 Å². The van der Waals surface area contributed by atoms with Gasteiger partial charge in [0.05, 0.1) is 0 Å². The van der Waals surface area contributed by atoms with E-state index in [0.717, 1.165) is 12.5 Å². The van der Waals surface area contributed by atoms with Crippen molar-refractivity contribution < 1.29 is 19.8 Å². The molecule has 0 spiro atoms. The van der Waals surface area contributed by atoms with Crippen LogP contribution < -0.4 is 5.32 Å². The molecule has 0 amide bonds. The van der Waals surface area contributed by atoms with Gasteiger partial charge in [-0.3, -0.25) is 4.98 Å². The Hall–Kier alpha value is -2.63. The molecule has 1 fully saturated rings. The van der Waals surface area contributed by atoms with Gasteiger partial charge < -0.3 is 15.5 Å². The molecule has 0 aromatic carbocycles. The summed E-state index contributed by atoms with van der Waals surface area (Å²) in [6.07, 6.45) is 9.91. The molecule has 0 saturated carbocycles. The molecule has 1 aromatic rings. The van der Waals surface area contributed by atoms with E-state index in [9.17, 15) is 9.59 Å². The molecule has 2 unspecified atom stereocenters. The number of hydrogen-bond acceptors (Lipinski definition) is 4. The number of carboxylic acid groups (broad SMARTS) is 2. The summed E-state index contributed by atoms with van der Waals surface area (Å²) in [6.45, 7) is 1.16. The Morgan fingerprint density at radius 1 is 1.27 bits per heavy atom. The lowest BCUT2D eigenvalue weighted by Gasteiger charge is -2.08. The molecule has 6 heteroatoms. The molecule has 3 rings (SSSR count). The molecule has 0 bridgehead atoms.